The van der Waals surface area contributed by atoms with Crippen LogP contribution in [0.25, 0.3) is 0 Å². The van der Waals surface area contributed by atoms with Gasteiger partial charge >= 0.3 is 0 Å². The average Bonchev–Trinajstić information content (AvgIpc) is 2.43. The number of carboxylic acid groups (broad SMARTS) is 2. The molecular weight excluding hydrogens is 260 g/mol. The zero-order chi connectivity index (χ0) is 14.3. The topological polar surface area (TPSA) is 105 Å². The van der Waals surface area contributed by atoms with Gasteiger partial charge in [-0.25, -0.2) is 4.99 Å². The van der Waals surface area contributed by atoms with E-state index in [4.69, 9.17) is 0 Å². The van der Waals surface area contributed by atoms with Gasteiger partial charge in [0.1, 0.15) is 0 Å². The minimum absolute atomic E-state index is 0.0427. The van der Waals surface area contributed by atoms with Crippen molar-refractivity contribution in [3.63, 3.8) is 0 Å². The summed E-state index contributed by atoms with van der Waals surface area (Å²) in [5.74, 6) is -2.62. The number of benzene rings is 1. The molecule has 0 fully saturated rings. The fourth-order valence-electron chi connectivity index (χ4n) is 2.27. The maximum Gasteiger partial charge on any atom is 0.0958 e. The second kappa shape index (κ2) is 4.34. The standard InChI is InChI=1S/C14H10N2O4/c17-13(18)7-3-1-5-9-11(7)16-10-6-2-4-8(14(19)20)12(10)15-9/h1-6,11,16H,(H,17,18)(H,19,20)/p-2/t11-/m0/s1. The van der Waals surface area contributed by atoms with Gasteiger partial charge in [0.05, 0.1) is 35.1 Å². The molecule has 2 aliphatic rings. The van der Waals surface area contributed by atoms with E-state index in [-0.39, 0.29) is 16.8 Å². The second-order valence-electron chi connectivity index (χ2n) is 4.37. The Labute approximate surface area is 113 Å². The number of carbonyl (C=O) groups is 2. The molecule has 0 saturated carbocycles. The first-order valence-corrected chi connectivity index (χ1v) is 5.87. The number of para-hydroxylation sites is 1. The smallest absolute Gasteiger partial charge is 0.0958 e. The molecule has 6 nitrogen and oxygen atoms in total. The zero-order valence-electron chi connectivity index (χ0n) is 10.1. The van der Waals surface area contributed by atoms with E-state index in [0.29, 0.717) is 11.4 Å². The Kier molecular flexibility index (Phi) is 2.64. The van der Waals surface area contributed by atoms with Gasteiger partial charge in [0.15, 0.2) is 0 Å². The number of hydrogen-bond acceptors (Lipinski definition) is 6. The molecule has 0 unspecified atom stereocenters. The minimum atomic E-state index is -1.33. The molecule has 1 aromatic rings. The monoisotopic (exact) mass is 268 g/mol. The van der Waals surface area contributed by atoms with Crippen LogP contribution >= 0.6 is 0 Å². The molecule has 1 N–H and O–H groups in total. The lowest BCUT2D eigenvalue weighted by Crippen LogP contribution is -2.41. The highest BCUT2D eigenvalue weighted by Crippen LogP contribution is 2.35. The first-order valence-electron chi connectivity index (χ1n) is 5.87. The lowest BCUT2D eigenvalue weighted by molar-refractivity contribution is -0.299. The van der Waals surface area contributed by atoms with E-state index in [2.05, 4.69) is 10.3 Å². The first-order chi connectivity index (χ1) is 9.58. The van der Waals surface area contributed by atoms with E-state index in [1.807, 2.05) is 0 Å². The maximum absolute atomic E-state index is 11.1. The fourth-order valence-corrected chi connectivity index (χ4v) is 2.27. The highest BCUT2D eigenvalue weighted by atomic mass is 16.4. The highest BCUT2D eigenvalue weighted by molar-refractivity contribution is 6.14. The van der Waals surface area contributed by atoms with Crippen molar-refractivity contribution in [3.8, 4) is 0 Å². The number of rotatable bonds is 2. The number of carbonyl (C=O) groups excluding carboxylic acids is 2. The summed E-state index contributed by atoms with van der Waals surface area (Å²) in [6.45, 7) is 0. The zero-order valence-corrected chi connectivity index (χ0v) is 10.1. The van der Waals surface area contributed by atoms with Crippen LogP contribution in [0.1, 0.15) is 10.4 Å². The van der Waals surface area contributed by atoms with Crippen molar-refractivity contribution in [2.24, 2.45) is 4.99 Å². The van der Waals surface area contributed by atoms with Crippen molar-refractivity contribution in [1.82, 2.24) is 0 Å². The maximum atomic E-state index is 11.1. The normalized spacial score (nSPS) is 19.1. The predicted molar refractivity (Wildman–Crippen MR) is 67.5 cm³/mol. The van der Waals surface area contributed by atoms with Gasteiger partial charge in [0.25, 0.3) is 0 Å². The fraction of sp³-hybridized carbons (Fsp3) is 0.0714. The summed E-state index contributed by atoms with van der Waals surface area (Å²) in [7, 11) is 0. The van der Waals surface area contributed by atoms with Crippen molar-refractivity contribution in [2.45, 2.75) is 6.04 Å². The molecule has 0 radical (unpaired) electrons. The molecule has 0 aromatic heterocycles. The van der Waals surface area contributed by atoms with Gasteiger partial charge < -0.3 is 25.1 Å². The number of fused-ring (bicyclic) bond motifs is 2. The predicted octanol–water partition coefficient (Wildman–Crippen LogP) is -0.837. The average molecular weight is 268 g/mol. The number of hydrogen-bond donors (Lipinski definition) is 1. The van der Waals surface area contributed by atoms with Gasteiger partial charge in [-0.05, 0) is 12.1 Å². The van der Waals surface area contributed by atoms with Gasteiger partial charge in [-0.15, -0.1) is 0 Å². The molecule has 0 saturated heterocycles. The van der Waals surface area contributed by atoms with Crippen LogP contribution in [0.4, 0.5) is 11.4 Å². The Hall–Kier alpha value is -2.89. The largest absolute Gasteiger partial charge is 0.545 e. The van der Waals surface area contributed by atoms with Crippen LogP contribution in [-0.4, -0.2) is 23.7 Å². The Morgan fingerprint density at radius 2 is 2.00 bits per heavy atom. The summed E-state index contributed by atoms with van der Waals surface area (Å²) in [4.78, 5) is 26.4. The van der Waals surface area contributed by atoms with E-state index in [1.54, 1.807) is 18.2 Å². The molecule has 6 heteroatoms. The number of aromatic carboxylic acids is 1. The third kappa shape index (κ3) is 1.78. The number of anilines is 1. The molecule has 3 rings (SSSR count). The summed E-state index contributed by atoms with van der Waals surface area (Å²) >= 11 is 0. The van der Waals surface area contributed by atoms with Crippen LogP contribution in [0, 0.1) is 0 Å². The SMILES string of the molecule is O=C([O-])C1=CC=CC2=Nc3c(cccc3C(=O)[O-])N[C@@H]12. The Bertz CT molecular complexity index is 716. The van der Waals surface area contributed by atoms with Crippen molar-refractivity contribution >= 4 is 29.0 Å². The number of aliphatic carboxylic acids is 1. The number of allylic oxidation sites excluding steroid dienone is 2. The van der Waals surface area contributed by atoms with E-state index < -0.39 is 18.0 Å². The third-order valence-corrected chi connectivity index (χ3v) is 3.18. The van der Waals surface area contributed by atoms with Crippen LogP contribution in [-0.2, 0) is 4.79 Å². The number of carboxylic acids is 2. The third-order valence-electron chi connectivity index (χ3n) is 3.18. The summed E-state index contributed by atoms with van der Waals surface area (Å²) in [5.41, 5.74) is 1.12. The molecule has 0 spiro atoms. The Morgan fingerprint density at radius 1 is 1.20 bits per heavy atom. The van der Waals surface area contributed by atoms with Crippen LogP contribution in [0.15, 0.2) is 47.0 Å². The van der Waals surface area contributed by atoms with E-state index in [1.165, 1.54) is 18.2 Å². The van der Waals surface area contributed by atoms with Gasteiger partial charge in [0, 0.05) is 11.1 Å². The van der Waals surface area contributed by atoms with E-state index >= 15 is 0 Å². The first kappa shape index (κ1) is 12.2. The lowest BCUT2D eigenvalue weighted by Gasteiger charge is -2.30. The van der Waals surface area contributed by atoms with Gasteiger partial charge in [-0.2, -0.15) is 0 Å². The van der Waals surface area contributed by atoms with Gasteiger partial charge in [0.2, 0.25) is 0 Å². The molecular formula is C14H8N2O4-2. The van der Waals surface area contributed by atoms with Crippen molar-refractivity contribution in [1.29, 1.82) is 0 Å². The molecule has 0 bridgehead atoms. The number of nitrogens with one attached hydrogen (secondary N) is 1. The van der Waals surface area contributed by atoms with Crippen molar-refractivity contribution in [3.05, 3.63) is 47.6 Å². The Balaban J connectivity index is 2.13. The molecule has 1 atom stereocenters. The number of nitrogens with zero attached hydrogens (tertiary/aromatic N) is 1. The molecule has 0 amide bonds. The molecule has 1 heterocycles. The lowest BCUT2D eigenvalue weighted by atomic mass is 9.94. The van der Waals surface area contributed by atoms with Crippen LogP contribution in [0.2, 0.25) is 0 Å². The van der Waals surface area contributed by atoms with E-state index in [9.17, 15) is 19.8 Å². The van der Waals surface area contributed by atoms with Gasteiger partial charge in [-0.1, -0.05) is 24.3 Å². The second-order valence-corrected chi connectivity index (χ2v) is 4.37. The molecule has 1 aromatic carbocycles. The van der Waals surface area contributed by atoms with Crippen molar-refractivity contribution < 1.29 is 19.8 Å². The van der Waals surface area contributed by atoms with Crippen LogP contribution in [0.3, 0.4) is 0 Å². The van der Waals surface area contributed by atoms with Crippen LogP contribution in [0.5, 0.6) is 0 Å². The molecule has 100 valence electrons. The van der Waals surface area contributed by atoms with Crippen LogP contribution < -0.4 is 15.5 Å². The molecule has 1 aliphatic carbocycles. The quantitative estimate of drug-likeness (QED) is 0.753. The summed E-state index contributed by atoms with van der Waals surface area (Å²) in [6, 6.07) is 3.92. The molecule has 1 aliphatic heterocycles. The summed E-state index contributed by atoms with van der Waals surface area (Å²) in [6.07, 6.45) is 4.59. The Morgan fingerprint density at radius 3 is 2.70 bits per heavy atom. The molecule has 20 heavy (non-hydrogen) atoms. The summed E-state index contributed by atoms with van der Waals surface area (Å²) in [5, 5.41) is 25.1. The summed E-state index contributed by atoms with van der Waals surface area (Å²) < 4.78 is 0. The van der Waals surface area contributed by atoms with E-state index in [0.717, 1.165) is 0 Å². The van der Waals surface area contributed by atoms with Crippen molar-refractivity contribution in [2.75, 3.05) is 5.32 Å². The minimum Gasteiger partial charge on any atom is -0.545 e. The van der Waals surface area contributed by atoms with Gasteiger partial charge in [-0.3, -0.25) is 0 Å². The number of aliphatic imine (C=N–C) groups is 1. The highest BCUT2D eigenvalue weighted by Gasteiger charge is 2.27.